The van der Waals surface area contributed by atoms with Gasteiger partial charge in [0.25, 0.3) is 5.91 Å². The molecule has 0 bridgehead atoms. The molecular formula is C54H30N6O2. The lowest BCUT2D eigenvalue weighted by Crippen LogP contribution is -2.28. The molecule has 2 heterocycles. The van der Waals surface area contributed by atoms with Crippen LogP contribution in [0.25, 0.3) is 72.0 Å². The van der Waals surface area contributed by atoms with E-state index < -0.39 is 6.23 Å². The number of carbonyl (C=O) groups is 1. The molecule has 10 rings (SSSR count). The Morgan fingerprint density at radius 1 is 0.435 bits per heavy atom. The Labute approximate surface area is 356 Å². The molecule has 9 aromatic rings. The highest BCUT2D eigenvalue weighted by Crippen LogP contribution is 2.46. The molecule has 0 radical (unpaired) electrons. The van der Waals surface area contributed by atoms with Gasteiger partial charge >= 0.3 is 0 Å². The van der Waals surface area contributed by atoms with Gasteiger partial charge in [0.15, 0.2) is 6.23 Å². The van der Waals surface area contributed by atoms with E-state index in [2.05, 4.69) is 24.3 Å². The van der Waals surface area contributed by atoms with Gasteiger partial charge in [0.1, 0.15) is 0 Å². The summed E-state index contributed by atoms with van der Waals surface area (Å²) >= 11 is 0. The zero-order chi connectivity index (χ0) is 42.5. The second-order valence-corrected chi connectivity index (χ2v) is 15.0. The van der Waals surface area contributed by atoms with Gasteiger partial charge in [-0.25, -0.2) is 0 Å². The van der Waals surface area contributed by atoms with E-state index in [1.807, 2.05) is 132 Å². The molecule has 1 atom stereocenters. The molecule has 0 spiro atoms. The largest absolute Gasteiger partial charge is 0.369 e. The van der Waals surface area contributed by atoms with E-state index in [-0.39, 0.29) is 5.91 Å². The van der Waals surface area contributed by atoms with Crippen molar-refractivity contribution in [3.05, 3.63) is 203 Å². The SMILES string of the molecule is N#Cc1ccc(-c2ccc3c4ccc(-c5ccc(C#N)cc5C#N)cc4n(-c4cccc5c4C(O)N(c4cc(-c6ccccc6)ccc4-c4ccccc4)C5=O)c3c2)c(C#N)c1. The fourth-order valence-corrected chi connectivity index (χ4v) is 8.75. The van der Waals surface area contributed by atoms with E-state index in [1.165, 1.54) is 4.90 Å². The van der Waals surface area contributed by atoms with Crippen molar-refractivity contribution in [3.8, 4) is 74.5 Å². The Bertz CT molecular complexity index is 3380. The van der Waals surface area contributed by atoms with E-state index in [4.69, 9.17) is 0 Å². The number of aliphatic hydroxyl groups excluding tert-OH is 1. The van der Waals surface area contributed by atoms with Gasteiger partial charge in [0.2, 0.25) is 0 Å². The van der Waals surface area contributed by atoms with Crippen LogP contribution in [0.3, 0.4) is 0 Å². The highest BCUT2D eigenvalue weighted by Gasteiger charge is 2.40. The number of hydrogen-bond donors (Lipinski definition) is 1. The van der Waals surface area contributed by atoms with E-state index in [9.17, 15) is 30.9 Å². The van der Waals surface area contributed by atoms with Crippen LogP contribution in [0.15, 0.2) is 170 Å². The summed E-state index contributed by atoms with van der Waals surface area (Å²) in [5.41, 5.74) is 11.1. The van der Waals surface area contributed by atoms with Gasteiger partial charge in [-0.2, -0.15) is 21.0 Å². The monoisotopic (exact) mass is 794 g/mol. The van der Waals surface area contributed by atoms with E-state index in [0.29, 0.717) is 55.9 Å². The molecule has 1 aromatic heterocycles. The molecule has 1 unspecified atom stereocenters. The number of aliphatic hydroxyl groups is 1. The first kappa shape index (κ1) is 37.2. The normalized spacial score (nSPS) is 13.0. The lowest BCUT2D eigenvalue weighted by Gasteiger charge is -2.26. The molecule has 0 saturated carbocycles. The number of anilines is 1. The maximum atomic E-state index is 14.9. The summed E-state index contributed by atoms with van der Waals surface area (Å²) in [6.45, 7) is 0. The number of fused-ring (bicyclic) bond motifs is 4. The van der Waals surface area contributed by atoms with Crippen molar-refractivity contribution in [2.24, 2.45) is 0 Å². The molecule has 1 amide bonds. The van der Waals surface area contributed by atoms with Crippen molar-refractivity contribution in [2.45, 2.75) is 6.23 Å². The molecule has 1 N–H and O–H groups in total. The summed E-state index contributed by atoms with van der Waals surface area (Å²) in [7, 11) is 0. The number of carbonyl (C=O) groups excluding carboxylic acids is 1. The van der Waals surface area contributed by atoms with Gasteiger partial charge in [0.05, 0.1) is 68.9 Å². The quantitative estimate of drug-likeness (QED) is 0.178. The third kappa shape index (κ3) is 5.97. The molecule has 62 heavy (non-hydrogen) atoms. The van der Waals surface area contributed by atoms with Gasteiger partial charge in [0, 0.05) is 27.5 Å². The summed E-state index contributed by atoms with van der Waals surface area (Å²) in [6, 6.07) is 61.7. The van der Waals surface area contributed by atoms with Crippen molar-refractivity contribution in [3.63, 3.8) is 0 Å². The molecule has 8 aromatic carbocycles. The van der Waals surface area contributed by atoms with Gasteiger partial charge in [-0.05, 0) is 93.5 Å². The van der Waals surface area contributed by atoms with Crippen LogP contribution in [-0.2, 0) is 0 Å². The number of benzene rings is 8. The molecule has 1 aliphatic heterocycles. The van der Waals surface area contributed by atoms with Crippen LogP contribution in [0.5, 0.6) is 0 Å². The number of amides is 1. The number of rotatable bonds is 6. The Kier molecular flexibility index (Phi) is 8.98. The summed E-state index contributed by atoms with van der Waals surface area (Å²) in [5, 5.41) is 53.9. The fraction of sp³-hybridized carbons (Fsp3) is 0.0185. The predicted molar refractivity (Wildman–Crippen MR) is 240 cm³/mol. The van der Waals surface area contributed by atoms with Crippen LogP contribution < -0.4 is 4.90 Å². The Hall–Kier alpha value is -9.05. The third-order valence-corrected chi connectivity index (χ3v) is 11.7. The molecule has 1 aliphatic rings. The first-order chi connectivity index (χ1) is 30.4. The van der Waals surface area contributed by atoms with E-state index in [1.54, 1.807) is 42.5 Å². The van der Waals surface area contributed by atoms with Crippen LogP contribution in [0.1, 0.15) is 44.4 Å². The molecule has 8 heteroatoms. The Morgan fingerprint density at radius 3 is 1.52 bits per heavy atom. The van der Waals surface area contributed by atoms with Crippen molar-refractivity contribution in [1.82, 2.24) is 4.57 Å². The van der Waals surface area contributed by atoms with Crippen LogP contribution in [-0.4, -0.2) is 15.6 Å². The minimum Gasteiger partial charge on any atom is -0.369 e. The zero-order valence-corrected chi connectivity index (χ0v) is 32.8. The summed E-state index contributed by atoms with van der Waals surface area (Å²) < 4.78 is 2.03. The molecule has 0 saturated heterocycles. The van der Waals surface area contributed by atoms with Gasteiger partial charge in [-0.1, -0.05) is 115 Å². The van der Waals surface area contributed by atoms with Crippen molar-refractivity contribution < 1.29 is 9.90 Å². The summed E-state index contributed by atoms with van der Waals surface area (Å²) in [5.74, 6) is -0.355. The maximum absolute atomic E-state index is 14.9. The number of aromatic nitrogens is 1. The maximum Gasteiger partial charge on any atom is 0.261 e. The smallest absolute Gasteiger partial charge is 0.261 e. The molecule has 0 aliphatic carbocycles. The van der Waals surface area contributed by atoms with Crippen LogP contribution in [0.2, 0.25) is 0 Å². The first-order valence-electron chi connectivity index (χ1n) is 19.8. The highest BCUT2D eigenvalue weighted by atomic mass is 16.3. The Morgan fingerprint density at radius 2 is 0.968 bits per heavy atom. The van der Waals surface area contributed by atoms with Crippen molar-refractivity contribution >= 4 is 33.4 Å². The Balaban J connectivity index is 1.22. The second kappa shape index (κ2) is 15.0. The van der Waals surface area contributed by atoms with Gasteiger partial charge in [-0.15, -0.1) is 0 Å². The second-order valence-electron chi connectivity index (χ2n) is 15.0. The van der Waals surface area contributed by atoms with Gasteiger partial charge in [-0.3, -0.25) is 9.69 Å². The first-order valence-corrected chi connectivity index (χ1v) is 19.8. The summed E-state index contributed by atoms with van der Waals surface area (Å²) in [6.07, 6.45) is -1.39. The van der Waals surface area contributed by atoms with Crippen LogP contribution in [0.4, 0.5) is 5.69 Å². The average Bonchev–Trinajstić information content (AvgIpc) is 3.80. The number of nitriles is 4. The van der Waals surface area contributed by atoms with E-state index >= 15 is 0 Å². The third-order valence-electron chi connectivity index (χ3n) is 11.7. The number of hydrogen-bond acceptors (Lipinski definition) is 6. The van der Waals surface area contributed by atoms with Crippen molar-refractivity contribution in [1.29, 1.82) is 21.0 Å². The predicted octanol–water partition coefficient (Wildman–Crippen LogP) is 11.6. The minimum absolute atomic E-state index is 0.346. The zero-order valence-electron chi connectivity index (χ0n) is 32.8. The van der Waals surface area contributed by atoms with E-state index in [0.717, 1.165) is 55.2 Å². The molecule has 288 valence electrons. The highest BCUT2D eigenvalue weighted by molar-refractivity contribution is 6.15. The van der Waals surface area contributed by atoms with Crippen molar-refractivity contribution in [2.75, 3.05) is 4.90 Å². The molecule has 8 nitrogen and oxygen atoms in total. The average molecular weight is 795 g/mol. The van der Waals surface area contributed by atoms with Gasteiger partial charge < -0.3 is 9.67 Å². The lowest BCUT2D eigenvalue weighted by atomic mass is 9.96. The minimum atomic E-state index is -1.39. The summed E-state index contributed by atoms with van der Waals surface area (Å²) in [4.78, 5) is 16.3. The molecular weight excluding hydrogens is 765 g/mol. The number of nitrogens with zero attached hydrogens (tertiary/aromatic N) is 6. The standard InChI is InChI=1S/C54H30N6O2/c55-29-33-14-19-42(40(24-33)31-57)38-17-22-45-46-23-18-39(43-20-15-34(30-56)25-41(43)32-58)28-51(46)59(50(45)27-38)48-13-7-12-47-52(48)54(62)60(53(47)61)49-26-37(35-8-3-1-4-9-35)16-21-44(49)36-10-5-2-6-11-36/h1-28,54,62H. The van der Waals surface area contributed by atoms with Crippen LogP contribution in [0, 0.1) is 45.3 Å². The lowest BCUT2D eigenvalue weighted by molar-refractivity contribution is 0.0935. The van der Waals surface area contributed by atoms with Crippen LogP contribution >= 0.6 is 0 Å². The fourth-order valence-electron chi connectivity index (χ4n) is 8.75. The molecule has 0 fully saturated rings. The topological polar surface area (TPSA) is 141 Å².